The van der Waals surface area contributed by atoms with E-state index in [0.29, 0.717) is 5.69 Å². The average molecular weight is 1460 g/mol. The van der Waals surface area contributed by atoms with Gasteiger partial charge in [0.2, 0.25) is 6.71 Å². The fourth-order valence-electron chi connectivity index (χ4n) is 16.8. The molecule has 0 saturated carbocycles. The van der Waals surface area contributed by atoms with E-state index in [4.69, 9.17) is 0 Å². The summed E-state index contributed by atoms with van der Waals surface area (Å²) < 4.78 is 72.1. The van der Waals surface area contributed by atoms with E-state index in [9.17, 15) is 14.9 Å². The fraction of sp³-hybridized carbons (Fsp3) is 0.190. The predicted octanol–water partition coefficient (Wildman–Crippen LogP) is 27.0. The zero-order valence-electron chi connectivity index (χ0n) is 72.9. The Morgan fingerprint density at radius 2 is 0.820 bits per heavy atom. The molecule has 0 spiro atoms. The molecule has 14 aromatic carbocycles. The molecule has 2 aliphatic heterocycles. The summed E-state index contributed by atoms with van der Waals surface area (Å²) in [6, 6.07) is 91.1. The number of para-hydroxylation sites is 1. The highest BCUT2D eigenvalue weighted by molar-refractivity contribution is 8.00. The van der Waals surface area contributed by atoms with E-state index in [0.717, 1.165) is 143 Å². The number of aromatic nitrogens is 2. The molecule has 542 valence electrons. The molecule has 6 heteroatoms. The minimum atomic E-state index is -0.516. The molecule has 4 heterocycles. The standard InChI is InChI=1S/C105H93BN4S/c1-101(2,3)76-37-27-35-69(53-76)83-55-74(68-33-23-18-24-34-68)56-84(70-36-28-38-77(54-70)102(4,5)6)99(83)110-94-63-81(108-90-40-26-25-39-82(90)85-49-65(64-107)41-46-91(85)108)44-45-88(94)106-89-57-75(73-51-71(66-29-19-16-20-30-66)50-72(52-73)67-31-21-17-22-32-67)58-96(100(89)111-97-62-80(105(13,14)15)61-95(110)98(97)106)109-92-47-42-78(103(7,8)9)59-86(92)87-60-79(104(10,11)12)43-48-93(87)109/h16-63H,1-15H3/i25D,26D,39D,40D,41D,46D,49D. The summed E-state index contributed by atoms with van der Waals surface area (Å²) in [5, 5.41) is 13.1. The third kappa shape index (κ3) is 12.4. The molecule has 0 fully saturated rings. The lowest BCUT2D eigenvalue weighted by molar-refractivity contribution is 0.589. The first kappa shape index (κ1) is 63.2. The fourth-order valence-corrected chi connectivity index (χ4v) is 18.1. The highest BCUT2D eigenvalue weighted by Gasteiger charge is 2.45. The van der Waals surface area contributed by atoms with Gasteiger partial charge in [0.05, 0.1) is 54.7 Å². The van der Waals surface area contributed by atoms with Crippen LogP contribution in [-0.2, 0) is 27.1 Å². The zero-order valence-corrected chi connectivity index (χ0v) is 66.8. The molecule has 0 N–H and O–H groups in total. The molecule has 0 atom stereocenters. The van der Waals surface area contributed by atoms with E-state index in [1.54, 1.807) is 4.57 Å². The van der Waals surface area contributed by atoms with E-state index in [1.807, 2.05) is 23.9 Å². The molecule has 0 aliphatic carbocycles. The summed E-state index contributed by atoms with van der Waals surface area (Å²) >= 11 is 1.84. The van der Waals surface area contributed by atoms with E-state index < -0.39 is 36.3 Å². The second-order valence-corrected chi connectivity index (χ2v) is 36.7. The van der Waals surface area contributed by atoms with E-state index in [1.165, 1.54) is 21.9 Å². The third-order valence-electron chi connectivity index (χ3n) is 23.0. The van der Waals surface area contributed by atoms with Crippen LogP contribution < -0.4 is 21.3 Å². The smallest absolute Gasteiger partial charge is 0.249 e. The van der Waals surface area contributed by atoms with Gasteiger partial charge in [0.25, 0.3) is 0 Å². The highest BCUT2D eigenvalue weighted by Crippen LogP contribution is 2.54. The zero-order chi connectivity index (χ0) is 83.0. The molecule has 0 amide bonds. The van der Waals surface area contributed by atoms with E-state index in [-0.39, 0.29) is 67.2 Å². The molecule has 18 rings (SSSR count). The molecule has 0 saturated heterocycles. The Morgan fingerprint density at radius 1 is 0.342 bits per heavy atom. The Hall–Kier alpha value is -11.6. The summed E-state index contributed by atoms with van der Waals surface area (Å²) in [7, 11) is 0. The van der Waals surface area contributed by atoms with Crippen molar-refractivity contribution >= 4 is 95.5 Å². The maximum atomic E-state index is 10.8. The summed E-state index contributed by atoms with van der Waals surface area (Å²) in [5.74, 6) is 0. The van der Waals surface area contributed by atoms with Crippen molar-refractivity contribution in [1.29, 1.82) is 5.26 Å². The minimum Gasteiger partial charge on any atom is -0.310 e. The maximum Gasteiger partial charge on any atom is 0.249 e. The van der Waals surface area contributed by atoms with Crippen molar-refractivity contribution in [1.82, 2.24) is 9.13 Å². The molecular weight excluding hydrogens is 1360 g/mol. The number of hydrogen-bond acceptors (Lipinski definition) is 3. The van der Waals surface area contributed by atoms with Crippen LogP contribution in [0.4, 0.5) is 17.1 Å². The quantitative estimate of drug-likeness (QED) is 0.135. The normalized spacial score (nSPS) is 14.0. The van der Waals surface area contributed by atoms with Gasteiger partial charge in [0.1, 0.15) is 0 Å². The van der Waals surface area contributed by atoms with Gasteiger partial charge < -0.3 is 14.0 Å². The molecular formula is C105H93BN4S. The second-order valence-electron chi connectivity index (χ2n) is 35.6. The Kier molecular flexibility index (Phi) is 15.0. The van der Waals surface area contributed by atoms with Crippen LogP contribution >= 0.6 is 11.8 Å². The summed E-state index contributed by atoms with van der Waals surface area (Å²) in [4.78, 5) is 4.69. The molecule has 111 heavy (non-hydrogen) atoms. The van der Waals surface area contributed by atoms with Crippen LogP contribution in [0.25, 0.3) is 122 Å². The van der Waals surface area contributed by atoms with Crippen LogP contribution in [0, 0.1) is 11.3 Å². The molecule has 0 radical (unpaired) electrons. The molecule has 16 aromatic rings. The van der Waals surface area contributed by atoms with Crippen molar-refractivity contribution < 1.29 is 9.60 Å². The Labute approximate surface area is 669 Å². The van der Waals surface area contributed by atoms with Crippen molar-refractivity contribution in [3.8, 4) is 84.2 Å². The van der Waals surface area contributed by atoms with Gasteiger partial charge in [-0.05, 0) is 231 Å². The predicted molar refractivity (Wildman–Crippen MR) is 476 cm³/mol. The summed E-state index contributed by atoms with van der Waals surface area (Å²) in [6.07, 6.45) is 0. The Balaban J connectivity index is 1.05. The van der Waals surface area contributed by atoms with Crippen molar-refractivity contribution in [2.75, 3.05) is 4.90 Å². The average Bonchev–Trinajstić information content (AvgIpc) is 1.05. The number of nitrogens with zero attached hydrogens (tertiary/aromatic N) is 4. The van der Waals surface area contributed by atoms with Gasteiger partial charge in [-0.1, -0.05) is 303 Å². The molecule has 0 bridgehead atoms. The monoisotopic (exact) mass is 1460 g/mol. The number of nitriles is 1. The molecule has 2 aromatic heterocycles. The van der Waals surface area contributed by atoms with Crippen LogP contribution in [-0.4, -0.2) is 15.8 Å². The van der Waals surface area contributed by atoms with E-state index >= 15 is 0 Å². The van der Waals surface area contributed by atoms with Crippen LogP contribution in [0.15, 0.2) is 301 Å². The summed E-state index contributed by atoms with van der Waals surface area (Å²) in [6.45, 7) is 33.7. The highest BCUT2D eigenvalue weighted by atomic mass is 32.2. The summed E-state index contributed by atoms with van der Waals surface area (Å²) in [5.41, 5.74) is 26.1. The SMILES string of the molecule is [2H]c1c([2H])c([2H])c2c(c1[2H])c1c([2H])c(C#N)c([2H])c([2H])c1n2-c1ccc2c(c1)N(c1c(-c3cccc(C(C)(C)C)c3)cc(-c3ccccc3)cc1-c1cccc(C(C)(C)C)c1)c1cc(C(C)(C)C)cc3c1B2c1cc(-c2cc(-c4ccccc4)cc(-c4ccccc4)c2)cc(-n2c4ccc(C(C)(C)C)cc4c4cc(C(C)(C)C)ccc42)c1S3. The lowest BCUT2D eigenvalue weighted by Gasteiger charge is -2.43. The first-order valence-corrected chi connectivity index (χ1v) is 39.6. The Morgan fingerprint density at radius 3 is 1.34 bits per heavy atom. The van der Waals surface area contributed by atoms with Crippen LogP contribution in [0.5, 0.6) is 0 Å². The minimum absolute atomic E-state index is 0.00293. The molecule has 4 nitrogen and oxygen atoms in total. The molecule has 2 aliphatic rings. The van der Waals surface area contributed by atoms with Gasteiger partial charge in [0.15, 0.2) is 0 Å². The van der Waals surface area contributed by atoms with Crippen molar-refractivity contribution in [2.24, 2.45) is 0 Å². The number of anilines is 3. The number of hydrogen-bond donors (Lipinski definition) is 0. The first-order valence-electron chi connectivity index (χ1n) is 42.3. The number of benzene rings is 14. The van der Waals surface area contributed by atoms with Gasteiger partial charge in [-0.15, -0.1) is 0 Å². The van der Waals surface area contributed by atoms with Crippen LogP contribution in [0.1, 0.15) is 147 Å². The maximum absolute atomic E-state index is 10.8. The topological polar surface area (TPSA) is 36.9 Å². The first-order chi connectivity index (χ1) is 56.0. The van der Waals surface area contributed by atoms with E-state index in [2.05, 4.69) is 356 Å². The van der Waals surface area contributed by atoms with Gasteiger partial charge in [-0.3, -0.25) is 0 Å². The second kappa shape index (κ2) is 26.3. The lowest BCUT2D eigenvalue weighted by Crippen LogP contribution is -2.60. The van der Waals surface area contributed by atoms with Crippen molar-refractivity contribution in [2.45, 2.75) is 141 Å². The third-order valence-corrected chi connectivity index (χ3v) is 24.2. The van der Waals surface area contributed by atoms with Gasteiger partial charge >= 0.3 is 0 Å². The van der Waals surface area contributed by atoms with Gasteiger partial charge in [-0.2, -0.15) is 5.26 Å². The van der Waals surface area contributed by atoms with Crippen molar-refractivity contribution in [3.63, 3.8) is 0 Å². The lowest BCUT2D eigenvalue weighted by atomic mass is 9.34. The Bertz CT molecular complexity index is 6750. The van der Waals surface area contributed by atoms with Gasteiger partial charge in [-0.25, -0.2) is 0 Å². The van der Waals surface area contributed by atoms with Crippen molar-refractivity contribution in [3.05, 3.63) is 324 Å². The number of rotatable bonds is 9. The number of fused-ring (bicyclic) bond motifs is 10. The largest absolute Gasteiger partial charge is 0.310 e. The van der Waals surface area contributed by atoms with Gasteiger partial charge in [0, 0.05) is 59.5 Å². The van der Waals surface area contributed by atoms with Crippen LogP contribution in [0.3, 0.4) is 0 Å². The molecule has 0 unspecified atom stereocenters. The van der Waals surface area contributed by atoms with Crippen LogP contribution in [0.2, 0.25) is 0 Å².